The Bertz CT molecular complexity index is 1040. The molecule has 7 heteroatoms. The topological polar surface area (TPSA) is 67.1 Å². The summed E-state index contributed by atoms with van der Waals surface area (Å²) >= 11 is 3.45. The zero-order valence-electron chi connectivity index (χ0n) is 13.4. The van der Waals surface area contributed by atoms with Gasteiger partial charge in [-0.2, -0.15) is 4.72 Å². The molecule has 3 aromatic rings. The van der Waals surface area contributed by atoms with Gasteiger partial charge in [-0.3, -0.25) is 0 Å². The Morgan fingerprint density at radius 2 is 1.68 bits per heavy atom. The second-order valence-corrected chi connectivity index (χ2v) is 8.16. The van der Waals surface area contributed by atoms with E-state index in [1.807, 2.05) is 24.3 Å². The quantitative estimate of drug-likeness (QED) is 0.661. The number of carbonyl (C=O) groups is 1. The van der Waals surface area contributed by atoms with Gasteiger partial charge in [-0.15, -0.1) is 4.57 Å². The van der Waals surface area contributed by atoms with E-state index in [2.05, 4.69) is 20.7 Å². The van der Waals surface area contributed by atoms with E-state index in [1.165, 1.54) is 23.6 Å². The average molecular weight is 420 g/mol. The number of aromatic nitrogens is 1. The number of rotatable bonds is 4. The highest BCUT2D eigenvalue weighted by molar-refractivity contribution is 9.10. The molecule has 3 rings (SSSR count). The van der Waals surface area contributed by atoms with Gasteiger partial charge in [0.1, 0.15) is 6.04 Å². The molecular weight excluding hydrogens is 404 g/mol. The van der Waals surface area contributed by atoms with Crippen molar-refractivity contribution in [3.05, 3.63) is 71.5 Å². The van der Waals surface area contributed by atoms with Crippen LogP contribution in [0.3, 0.4) is 0 Å². The third kappa shape index (κ3) is 3.78. The van der Waals surface area contributed by atoms with E-state index in [0.717, 1.165) is 15.2 Å². The molecule has 1 unspecified atom stereocenters. The lowest BCUT2D eigenvalue weighted by Gasteiger charge is -2.10. The van der Waals surface area contributed by atoms with E-state index in [-0.39, 0.29) is 10.8 Å². The van der Waals surface area contributed by atoms with Crippen molar-refractivity contribution in [2.45, 2.75) is 17.9 Å². The molecule has 0 spiro atoms. The highest BCUT2D eigenvalue weighted by Crippen LogP contribution is 2.21. The van der Waals surface area contributed by atoms with E-state index in [1.54, 1.807) is 30.6 Å². The van der Waals surface area contributed by atoms with Gasteiger partial charge in [-0.05, 0) is 41.1 Å². The smallest absolute Gasteiger partial charge is 0.217 e. The Kier molecular flexibility index (Phi) is 4.99. The molecule has 1 atom stereocenters. The molecule has 2 aromatic carbocycles. The van der Waals surface area contributed by atoms with Gasteiger partial charge < -0.3 is 0 Å². The summed E-state index contributed by atoms with van der Waals surface area (Å²) in [5.41, 5.74) is 0. The predicted molar refractivity (Wildman–Crippen MR) is 98.7 cm³/mol. The van der Waals surface area contributed by atoms with Crippen molar-refractivity contribution >= 4 is 42.6 Å². The maximum atomic E-state index is 12.7. The van der Waals surface area contributed by atoms with Gasteiger partial charge >= 0.3 is 5.91 Å². The Balaban J connectivity index is 1.88. The number of fused-ring (bicyclic) bond motifs is 1. The Labute approximate surface area is 154 Å². The largest absolute Gasteiger partial charge is 0.409 e. The van der Waals surface area contributed by atoms with Crippen LogP contribution < -0.4 is 9.29 Å². The number of hydrogen-bond acceptors (Lipinski definition) is 3. The van der Waals surface area contributed by atoms with Crippen molar-refractivity contribution in [2.24, 2.45) is 0 Å². The summed E-state index contributed by atoms with van der Waals surface area (Å²) in [7, 11) is -3.76. The molecule has 0 fully saturated rings. The summed E-state index contributed by atoms with van der Waals surface area (Å²) in [5, 5.41) is 1.85. The number of sulfonamides is 1. The zero-order valence-corrected chi connectivity index (χ0v) is 15.8. The fourth-order valence-corrected chi connectivity index (χ4v) is 4.31. The van der Waals surface area contributed by atoms with E-state index >= 15 is 0 Å². The molecule has 0 aliphatic carbocycles. The highest BCUT2D eigenvalue weighted by atomic mass is 79.9. The second kappa shape index (κ2) is 7.03. The van der Waals surface area contributed by atoms with Gasteiger partial charge in [-0.25, -0.2) is 13.2 Å². The van der Waals surface area contributed by atoms with Crippen molar-refractivity contribution in [1.82, 2.24) is 4.72 Å². The molecule has 25 heavy (non-hydrogen) atoms. The molecule has 1 N–H and O–H groups in total. The van der Waals surface area contributed by atoms with Crippen LogP contribution >= 0.6 is 15.9 Å². The first-order chi connectivity index (χ1) is 11.9. The minimum atomic E-state index is -3.76. The molecule has 0 bridgehead atoms. The van der Waals surface area contributed by atoms with Crippen LogP contribution in [0.25, 0.3) is 10.8 Å². The van der Waals surface area contributed by atoms with Crippen LogP contribution in [0.15, 0.2) is 76.4 Å². The van der Waals surface area contributed by atoms with Crippen molar-refractivity contribution in [3.63, 3.8) is 0 Å². The minimum absolute atomic E-state index is 0.124. The Morgan fingerprint density at radius 1 is 1.04 bits per heavy atom. The summed E-state index contributed by atoms with van der Waals surface area (Å²) in [6.45, 7) is 1.53. The molecule has 0 radical (unpaired) electrons. The number of carbonyl (C=O) groups excluding carboxylic acids is 1. The molecule has 128 valence electrons. The molecule has 1 heterocycles. The van der Waals surface area contributed by atoms with E-state index in [4.69, 9.17) is 0 Å². The average Bonchev–Trinajstić information content (AvgIpc) is 2.61. The summed E-state index contributed by atoms with van der Waals surface area (Å²) in [4.78, 5) is 12.8. The normalized spacial score (nSPS) is 12.9. The van der Waals surface area contributed by atoms with Crippen molar-refractivity contribution < 1.29 is 17.8 Å². The maximum absolute atomic E-state index is 12.7. The molecular formula is C18H16BrN2O3S+. The minimum Gasteiger partial charge on any atom is -0.217 e. The summed E-state index contributed by atoms with van der Waals surface area (Å²) in [6, 6.07) is 14.7. The SMILES string of the molecule is CC(NS(=O)(=O)c1ccccc1)C(=O)[n+]1cc(Br)c2ccccc2c1. The van der Waals surface area contributed by atoms with Crippen LogP contribution in [-0.2, 0) is 10.0 Å². The fourth-order valence-electron chi connectivity index (χ4n) is 2.51. The molecule has 5 nitrogen and oxygen atoms in total. The lowest BCUT2D eigenvalue weighted by Crippen LogP contribution is -2.53. The van der Waals surface area contributed by atoms with Crippen LogP contribution in [0.1, 0.15) is 11.7 Å². The maximum Gasteiger partial charge on any atom is 0.409 e. The monoisotopic (exact) mass is 419 g/mol. The van der Waals surface area contributed by atoms with Crippen molar-refractivity contribution in [3.8, 4) is 0 Å². The fraction of sp³-hybridized carbons (Fsp3) is 0.111. The summed E-state index contributed by atoms with van der Waals surface area (Å²) in [5.74, 6) is -0.369. The summed E-state index contributed by atoms with van der Waals surface area (Å²) < 4.78 is 29.3. The number of pyridine rings is 1. The molecule has 0 saturated heterocycles. The Hall–Kier alpha value is -2.09. The lowest BCUT2D eigenvalue weighted by atomic mass is 10.2. The summed E-state index contributed by atoms with van der Waals surface area (Å²) in [6.07, 6.45) is 3.33. The van der Waals surface area contributed by atoms with Gasteiger partial charge in [0.25, 0.3) is 0 Å². The zero-order chi connectivity index (χ0) is 18.0. The van der Waals surface area contributed by atoms with Gasteiger partial charge in [0.15, 0.2) is 12.4 Å². The van der Waals surface area contributed by atoms with Gasteiger partial charge in [-0.1, -0.05) is 36.4 Å². The number of halogens is 1. The van der Waals surface area contributed by atoms with E-state index in [9.17, 15) is 13.2 Å². The van der Waals surface area contributed by atoms with Gasteiger partial charge in [0.2, 0.25) is 10.0 Å². The highest BCUT2D eigenvalue weighted by Gasteiger charge is 2.29. The second-order valence-electron chi connectivity index (χ2n) is 5.59. The number of benzene rings is 2. The van der Waals surface area contributed by atoms with Crippen LogP contribution in [0, 0.1) is 0 Å². The standard InChI is InChI=1S/C18H16BrN2O3S/c1-13(20-25(23,24)15-8-3-2-4-9-15)18(22)21-11-14-7-5-6-10-16(14)17(19)12-21/h2-13,20H,1H3/q+1. The molecule has 0 amide bonds. The van der Waals surface area contributed by atoms with Crippen LogP contribution in [0.4, 0.5) is 0 Å². The molecule has 0 aliphatic heterocycles. The first-order valence-corrected chi connectivity index (χ1v) is 9.87. The van der Waals surface area contributed by atoms with Crippen LogP contribution in [-0.4, -0.2) is 20.4 Å². The first kappa shape index (κ1) is 17.7. The van der Waals surface area contributed by atoms with Gasteiger partial charge in [0, 0.05) is 10.8 Å². The molecule has 1 aromatic heterocycles. The molecule has 0 saturated carbocycles. The van der Waals surface area contributed by atoms with E-state index in [0.29, 0.717) is 0 Å². The predicted octanol–water partition coefficient (Wildman–Crippen LogP) is 2.90. The first-order valence-electron chi connectivity index (χ1n) is 7.59. The third-order valence-corrected chi connectivity index (χ3v) is 5.95. The van der Waals surface area contributed by atoms with Crippen LogP contribution in [0.5, 0.6) is 0 Å². The van der Waals surface area contributed by atoms with Crippen molar-refractivity contribution in [2.75, 3.05) is 0 Å². The van der Waals surface area contributed by atoms with Crippen molar-refractivity contribution in [1.29, 1.82) is 0 Å². The van der Waals surface area contributed by atoms with Gasteiger partial charge in [0.05, 0.1) is 9.37 Å². The number of nitrogens with zero attached hydrogens (tertiary/aromatic N) is 1. The van der Waals surface area contributed by atoms with E-state index < -0.39 is 16.1 Å². The van der Waals surface area contributed by atoms with Crippen LogP contribution in [0.2, 0.25) is 0 Å². The molecule has 0 aliphatic rings. The number of hydrogen-bond donors (Lipinski definition) is 1. The third-order valence-electron chi connectivity index (χ3n) is 3.76. The lowest BCUT2D eigenvalue weighted by molar-refractivity contribution is -0.574. The Morgan fingerprint density at radius 3 is 2.40 bits per heavy atom. The number of nitrogens with one attached hydrogen (secondary N) is 1.